The van der Waals surface area contributed by atoms with Crippen LogP contribution in [-0.4, -0.2) is 57.3 Å². The molecule has 1 aliphatic rings. The molecule has 0 radical (unpaired) electrons. The Kier molecular flexibility index (Phi) is 7.84. The molecule has 1 aliphatic heterocycles. The minimum Gasteiger partial charge on any atom is -0.390 e. The number of ether oxygens (including phenoxy) is 1. The van der Waals surface area contributed by atoms with Crippen LogP contribution in [0.1, 0.15) is 71.0 Å². The lowest BCUT2D eigenvalue weighted by Gasteiger charge is -2.32. The minimum atomic E-state index is -0.0295. The van der Waals surface area contributed by atoms with Crippen LogP contribution in [0.4, 0.5) is 0 Å². The highest BCUT2D eigenvalue weighted by atomic mass is 16.5. The van der Waals surface area contributed by atoms with E-state index in [-0.39, 0.29) is 12.2 Å². The molecule has 0 aliphatic carbocycles. The Hall–Kier alpha value is -0.980. The van der Waals surface area contributed by atoms with E-state index >= 15 is 0 Å². The summed E-state index contributed by atoms with van der Waals surface area (Å²) in [6.45, 7) is 10.1. The molecule has 1 saturated heterocycles. The number of methoxy groups -OCH3 is 1. The summed E-state index contributed by atoms with van der Waals surface area (Å²) in [4.78, 5) is 2.58. The molecule has 25 heavy (non-hydrogen) atoms. The standard InChI is InChI=1S/C19H36N4O2/c1-16(6-5-10-19(2,3)25-4)7-11-22-12-8-18(9-13-22)23-14-17(15-24)20-21-23/h14,16,18,24H,5-13,15H2,1-4H3/t16-/m1/s1. The van der Waals surface area contributed by atoms with Gasteiger partial charge in [-0.25, -0.2) is 4.68 Å². The molecule has 0 unspecified atom stereocenters. The molecule has 1 atom stereocenters. The third kappa shape index (κ3) is 6.68. The van der Waals surface area contributed by atoms with E-state index in [4.69, 9.17) is 9.84 Å². The Morgan fingerprint density at radius 2 is 2.04 bits per heavy atom. The summed E-state index contributed by atoms with van der Waals surface area (Å²) in [5, 5.41) is 17.2. The summed E-state index contributed by atoms with van der Waals surface area (Å²) in [6, 6.07) is 0.428. The third-order valence-electron chi connectivity index (χ3n) is 5.62. The summed E-state index contributed by atoms with van der Waals surface area (Å²) in [5.74, 6) is 0.771. The zero-order valence-corrected chi connectivity index (χ0v) is 16.4. The van der Waals surface area contributed by atoms with E-state index in [0.717, 1.165) is 38.3 Å². The number of hydrogen-bond acceptors (Lipinski definition) is 5. The molecule has 1 aromatic rings. The molecule has 2 rings (SSSR count). The second kappa shape index (κ2) is 9.64. The van der Waals surface area contributed by atoms with Crippen LogP contribution in [0.3, 0.4) is 0 Å². The fraction of sp³-hybridized carbons (Fsp3) is 0.895. The maximum Gasteiger partial charge on any atom is 0.108 e. The summed E-state index contributed by atoms with van der Waals surface area (Å²) < 4.78 is 7.43. The van der Waals surface area contributed by atoms with Gasteiger partial charge in [0, 0.05) is 20.2 Å². The molecule has 6 nitrogen and oxygen atoms in total. The Morgan fingerprint density at radius 1 is 1.32 bits per heavy atom. The highest BCUT2D eigenvalue weighted by Gasteiger charge is 2.22. The zero-order chi connectivity index (χ0) is 18.3. The van der Waals surface area contributed by atoms with Crippen molar-refractivity contribution in [2.45, 2.75) is 77.5 Å². The molecule has 144 valence electrons. The van der Waals surface area contributed by atoms with Crippen molar-refractivity contribution < 1.29 is 9.84 Å². The number of nitrogens with zero attached hydrogens (tertiary/aromatic N) is 4. The van der Waals surface area contributed by atoms with Gasteiger partial charge in [0.15, 0.2) is 0 Å². The van der Waals surface area contributed by atoms with E-state index in [1.807, 2.05) is 10.9 Å². The Bertz CT molecular complexity index is 495. The lowest BCUT2D eigenvalue weighted by atomic mass is 9.94. The number of aliphatic hydroxyl groups excluding tert-OH is 1. The Morgan fingerprint density at radius 3 is 2.64 bits per heavy atom. The number of likely N-dealkylation sites (tertiary alicyclic amines) is 1. The summed E-state index contributed by atoms with van der Waals surface area (Å²) in [6.07, 6.45) is 9.04. The third-order valence-corrected chi connectivity index (χ3v) is 5.62. The maximum atomic E-state index is 9.10. The van der Waals surface area contributed by atoms with Crippen LogP contribution in [0, 0.1) is 5.92 Å². The number of rotatable bonds is 10. The first kappa shape index (κ1) is 20.3. The quantitative estimate of drug-likeness (QED) is 0.701. The zero-order valence-electron chi connectivity index (χ0n) is 16.4. The van der Waals surface area contributed by atoms with Crippen molar-refractivity contribution in [1.82, 2.24) is 19.9 Å². The number of hydrogen-bond donors (Lipinski definition) is 1. The second-order valence-corrected chi connectivity index (χ2v) is 8.17. The van der Waals surface area contributed by atoms with E-state index in [2.05, 4.69) is 36.0 Å². The van der Waals surface area contributed by atoms with Crippen molar-refractivity contribution in [3.63, 3.8) is 0 Å². The van der Waals surface area contributed by atoms with Crippen LogP contribution in [0.2, 0.25) is 0 Å². The van der Waals surface area contributed by atoms with E-state index in [1.54, 1.807) is 7.11 Å². The van der Waals surface area contributed by atoms with Crippen molar-refractivity contribution in [2.75, 3.05) is 26.7 Å². The molecule has 0 bridgehead atoms. The van der Waals surface area contributed by atoms with Crippen LogP contribution in [-0.2, 0) is 11.3 Å². The van der Waals surface area contributed by atoms with Gasteiger partial charge in [0.25, 0.3) is 0 Å². The van der Waals surface area contributed by atoms with E-state index < -0.39 is 0 Å². The van der Waals surface area contributed by atoms with Crippen LogP contribution in [0.5, 0.6) is 0 Å². The molecule has 1 fully saturated rings. The average molecular weight is 353 g/mol. The molecule has 6 heteroatoms. The van der Waals surface area contributed by atoms with Crippen molar-refractivity contribution in [2.24, 2.45) is 5.92 Å². The van der Waals surface area contributed by atoms with Gasteiger partial charge in [-0.05, 0) is 52.0 Å². The fourth-order valence-electron chi connectivity index (χ4n) is 3.50. The molecule has 0 saturated carbocycles. The van der Waals surface area contributed by atoms with Crippen LogP contribution < -0.4 is 0 Å². The van der Waals surface area contributed by atoms with Crippen LogP contribution in [0.15, 0.2) is 6.20 Å². The molecular formula is C19H36N4O2. The predicted octanol–water partition coefficient (Wildman–Crippen LogP) is 3.03. The van der Waals surface area contributed by atoms with Crippen LogP contribution in [0.25, 0.3) is 0 Å². The van der Waals surface area contributed by atoms with Gasteiger partial charge in [0.2, 0.25) is 0 Å². The van der Waals surface area contributed by atoms with Crippen molar-refractivity contribution >= 4 is 0 Å². The first-order chi connectivity index (χ1) is 11.9. The number of piperidine rings is 1. The molecule has 0 aromatic carbocycles. The Balaban J connectivity index is 1.61. The largest absolute Gasteiger partial charge is 0.390 e. The Labute approximate surface area is 152 Å². The predicted molar refractivity (Wildman–Crippen MR) is 99.4 cm³/mol. The molecule has 1 N–H and O–H groups in total. The highest BCUT2D eigenvalue weighted by Crippen LogP contribution is 2.24. The lowest BCUT2D eigenvalue weighted by molar-refractivity contribution is 0.0126. The van der Waals surface area contributed by atoms with E-state index in [1.165, 1.54) is 25.8 Å². The van der Waals surface area contributed by atoms with Crippen molar-refractivity contribution in [1.29, 1.82) is 0 Å². The first-order valence-corrected chi connectivity index (χ1v) is 9.72. The first-order valence-electron chi connectivity index (χ1n) is 9.72. The van der Waals surface area contributed by atoms with Crippen LogP contribution >= 0.6 is 0 Å². The van der Waals surface area contributed by atoms with Gasteiger partial charge in [-0.15, -0.1) is 5.10 Å². The molecule has 2 heterocycles. The van der Waals surface area contributed by atoms with E-state index in [0.29, 0.717) is 11.7 Å². The lowest BCUT2D eigenvalue weighted by Crippen LogP contribution is -2.36. The summed E-state index contributed by atoms with van der Waals surface area (Å²) in [7, 11) is 1.80. The van der Waals surface area contributed by atoms with Gasteiger partial charge < -0.3 is 14.7 Å². The smallest absolute Gasteiger partial charge is 0.108 e. The monoisotopic (exact) mass is 352 g/mol. The van der Waals surface area contributed by atoms with Crippen molar-refractivity contribution in [3.05, 3.63) is 11.9 Å². The minimum absolute atomic E-state index is 0.0127. The fourth-order valence-corrected chi connectivity index (χ4v) is 3.50. The van der Waals surface area contributed by atoms with Gasteiger partial charge in [0.1, 0.15) is 5.69 Å². The van der Waals surface area contributed by atoms with Gasteiger partial charge in [0.05, 0.1) is 24.4 Å². The van der Waals surface area contributed by atoms with Gasteiger partial charge >= 0.3 is 0 Å². The molecular weight excluding hydrogens is 316 g/mol. The topological polar surface area (TPSA) is 63.4 Å². The van der Waals surface area contributed by atoms with Gasteiger partial charge in [-0.1, -0.05) is 25.0 Å². The average Bonchev–Trinajstić information content (AvgIpc) is 3.09. The molecule has 0 spiro atoms. The number of aliphatic hydroxyl groups is 1. The molecule has 1 aromatic heterocycles. The van der Waals surface area contributed by atoms with E-state index in [9.17, 15) is 0 Å². The summed E-state index contributed by atoms with van der Waals surface area (Å²) >= 11 is 0. The number of aromatic nitrogens is 3. The van der Waals surface area contributed by atoms with Gasteiger partial charge in [-0.2, -0.15) is 0 Å². The second-order valence-electron chi connectivity index (χ2n) is 8.17. The highest BCUT2D eigenvalue weighted by molar-refractivity contribution is 4.91. The SMILES string of the molecule is COC(C)(C)CCC[C@@H](C)CCN1CCC(n2cc(CO)nn2)CC1. The summed E-state index contributed by atoms with van der Waals surface area (Å²) in [5.41, 5.74) is 0.673. The maximum absolute atomic E-state index is 9.10. The van der Waals surface area contributed by atoms with Crippen molar-refractivity contribution in [3.8, 4) is 0 Å². The van der Waals surface area contributed by atoms with Gasteiger partial charge in [-0.3, -0.25) is 0 Å². The molecule has 0 amide bonds. The normalized spacial score (nSPS) is 18.6.